The second-order valence-electron chi connectivity index (χ2n) is 4.91. The monoisotopic (exact) mass is 314 g/mol. The van der Waals surface area contributed by atoms with Gasteiger partial charge < -0.3 is 19.3 Å². The van der Waals surface area contributed by atoms with E-state index in [1.807, 2.05) is 24.3 Å². The van der Waals surface area contributed by atoms with Crippen LogP contribution in [0.25, 0.3) is 11.3 Å². The number of nitro groups is 1. The van der Waals surface area contributed by atoms with E-state index in [0.29, 0.717) is 17.3 Å². The van der Waals surface area contributed by atoms with Crippen molar-refractivity contribution >= 4 is 5.82 Å². The van der Waals surface area contributed by atoms with Gasteiger partial charge in [-0.05, 0) is 24.0 Å². The summed E-state index contributed by atoms with van der Waals surface area (Å²) in [5.41, 5.74) is 1.50. The third-order valence-corrected chi connectivity index (χ3v) is 3.35. The van der Waals surface area contributed by atoms with Crippen molar-refractivity contribution in [3.05, 3.63) is 58.2 Å². The van der Waals surface area contributed by atoms with Crippen LogP contribution in [-0.4, -0.2) is 26.8 Å². The summed E-state index contributed by atoms with van der Waals surface area (Å²) in [5.74, 6) is 1.54. The van der Waals surface area contributed by atoms with Crippen LogP contribution in [0.5, 0.6) is 5.75 Å². The molecule has 0 spiro atoms. The molecule has 1 aromatic carbocycles. The van der Waals surface area contributed by atoms with Crippen molar-refractivity contribution in [1.29, 1.82) is 0 Å². The van der Waals surface area contributed by atoms with Crippen LogP contribution in [-0.2, 0) is 6.54 Å². The Bertz CT molecular complexity index is 853. The van der Waals surface area contributed by atoms with E-state index < -0.39 is 4.92 Å². The third kappa shape index (κ3) is 3.05. The largest absolute Gasteiger partial charge is 0.497 e. The summed E-state index contributed by atoms with van der Waals surface area (Å²) in [6.07, 6.45) is 1.61. The zero-order chi connectivity index (χ0) is 16.4. The molecule has 0 unspecified atom stereocenters. The van der Waals surface area contributed by atoms with Gasteiger partial charge in [-0.3, -0.25) is 0 Å². The number of oxazole rings is 1. The van der Waals surface area contributed by atoms with E-state index in [9.17, 15) is 10.1 Å². The second kappa shape index (κ2) is 5.91. The van der Waals surface area contributed by atoms with Gasteiger partial charge in [0.2, 0.25) is 5.89 Å². The molecule has 0 aliphatic rings. The summed E-state index contributed by atoms with van der Waals surface area (Å²) in [6, 6.07) is 8.83. The number of ether oxygens (including phenoxy) is 1. The van der Waals surface area contributed by atoms with Gasteiger partial charge in [0.1, 0.15) is 12.3 Å². The van der Waals surface area contributed by atoms with E-state index in [0.717, 1.165) is 11.3 Å². The Hall–Kier alpha value is -3.16. The predicted molar refractivity (Wildman–Crippen MR) is 81.2 cm³/mol. The van der Waals surface area contributed by atoms with Crippen LogP contribution in [0.4, 0.5) is 5.82 Å². The minimum Gasteiger partial charge on any atom is -0.497 e. The molecule has 3 rings (SSSR count). The SMILES string of the molecule is COc1cccc(-c2cnc(Cn3nc([N+](=O)[O-])cc3C)o2)c1. The molecule has 0 fully saturated rings. The second-order valence-corrected chi connectivity index (χ2v) is 4.91. The molecule has 0 amide bonds. The standard InChI is InChI=1S/C15H14N4O4/c1-10-6-14(19(20)21)17-18(10)9-15-16-8-13(23-15)11-4-3-5-12(7-11)22-2/h3-8H,9H2,1-2H3. The third-order valence-electron chi connectivity index (χ3n) is 3.35. The Balaban J connectivity index is 1.83. The van der Waals surface area contributed by atoms with Gasteiger partial charge in [0, 0.05) is 5.56 Å². The van der Waals surface area contributed by atoms with Gasteiger partial charge in [-0.2, -0.15) is 4.68 Å². The predicted octanol–water partition coefficient (Wildman–Crippen LogP) is 2.81. The lowest BCUT2D eigenvalue weighted by molar-refractivity contribution is -0.389. The molecule has 2 heterocycles. The molecule has 0 atom stereocenters. The first-order valence-corrected chi connectivity index (χ1v) is 6.85. The Labute approximate surface area is 131 Å². The number of benzene rings is 1. The summed E-state index contributed by atoms with van der Waals surface area (Å²) in [7, 11) is 1.60. The van der Waals surface area contributed by atoms with Crippen LogP contribution in [0.3, 0.4) is 0 Å². The fourth-order valence-corrected chi connectivity index (χ4v) is 2.16. The molecular formula is C15H14N4O4. The molecule has 0 radical (unpaired) electrons. The molecule has 0 N–H and O–H groups in total. The lowest BCUT2D eigenvalue weighted by atomic mass is 10.2. The fraction of sp³-hybridized carbons (Fsp3) is 0.200. The van der Waals surface area contributed by atoms with E-state index in [2.05, 4.69) is 10.1 Å². The minimum absolute atomic E-state index is 0.193. The van der Waals surface area contributed by atoms with E-state index in [4.69, 9.17) is 9.15 Å². The normalized spacial score (nSPS) is 10.7. The van der Waals surface area contributed by atoms with Crippen molar-refractivity contribution in [3.63, 3.8) is 0 Å². The average molecular weight is 314 g/mol. The van der Waals surface area contributed by atoms with Gasteiger partial charge in [0.15, 0.2) is 5.76 Å². The number of rotatable bonds is 5. The van der Waals surface area contributed by atoms with Gasteiger partial charge in [-0.1, -0.05) is 12.1 Å². The number of aromatic nitrogens is 3. The molecule has 0 saturated carbocycles. The molecule has 0 saturated heterocycles. The summed E-state index contributed by atoms with van der Waals surface area (Å²) < 4.78 is 12.4. The van der Waals surface area contributed by atoms with Gasteiger partial charge >= 0.3 is 5.82 Å². The highest BCUT2D eigenvalue weighted by Crippen LogP contribution is 2.25. The van der Waals surface area contributed by atoms with Crippen LogP contribution in [0.2, 0.25) is 0 Å². The van der Waals surface area contributed by atoms with Gasteiger partial charge in [0.05, 0.1) is 30.2 Å². The van der Waals surface area contributed by atoms with E-state index >= 15 is 0 Å². The highest BCUT2D eigenvalue weighted by molar-refractivity contribution is 5.58. The fourth-order valence-electron chi connectivity index (χ4n) is 2.16. The lowest BCUT2D eigenvalue weighted by Gasteiger charge is -2.01. The van der Waals surface area contributed by atoms with Gasteiger partial charge in [-0.25, -0.2) is 4.98 Å². The van der Waals surface area contributed by atoms with E-state index in [1.54, 1.807) is 20.2 Å². The molecule has 8 nitrogen and oxygen atoms in total. The first-order chi connectivity index (χ1) is 11.1. The van der Waals surface area contributed by atoms with Crippen molar-refractivity contribution in [2.75, 3.05) is 7.11 Å². The Morgan fingerprint density at radius 1 is 1.39 bits per heavy atom. The van der Waals surface area contributed by atoms with Crippen molar-refractivity contribution in [2.45, 2.75) is 13.5 Å². The number of aryl methyl sites for hydroxylation is 1. The highest BCUT2D eigenvalue weighted by Gasteiger charge is 2.17. The molecule has 0 aliphatic carbocycles. The average Bonchev–Trinajstić information content (AvgIpc) is 3.15. The van der Waals surface area contributed by atoms with E-state index in [-0.39, 0.29) is 12.4 Å². The smallest absolute Gasteiger partial charge is 0.390 e. The summed E-state index contributed by atoms with van der Waals surface area (Å²) >= 11 is 0. The van der Waals surface area contributed by atoms with Gasteiger partial charge in [-0.15, -0.1) is 0 Å². The highest BCUT2D eigenvalue weighted by atomic mass is 16.6. The molecule has 23 heavy (non-hydrogen) atoms. The van der Waals surface area contributed by atoms with Crippen molar-refractivity contribution in [1.82, 2.24) is 14.8 Å². The quantitative estimate of drug-likeness (QED) is 0.530. The molecule has 0 bridgehead atoms. The molecule has 3 aromatic rings. The maximum Gasteiger partial charge on any atom is 0.390 e. The van der Waals surface area contributed by atoms with Crippen LogP contribution in [0.1, 0.15) is 11.6 Å². The Morgan fingerprint density at radius 2 is 2.22 bits per heavy atom. The summed E-state index contributed by atoms with van der Waals surface area (Å²) in [5, 5.41) is 14.7. The zero-order valence-corrected chi connectivity index (χ0v) is 12.6. The molecule has 2 aromatic heterocycles. The first kappa shape index (κ1) is 14.8. The topological polar surface area (TPSA) is 96.2 Å². The number of methoxy groups -OCH3 is 1. The number of hydrogen-bond donors (Lipinski definition) is 0. The van der Waals surface area contributed by atoms with Crippen molar-refractivity contribution in [2.24, 2.45) is 0 Å². The van der Waals surface area contributed by atoms with E-state index in [1.165, 1.54) is 10.7 Å². The maximum absolute atomic E-state index is 10.7. The molecule has 118 valence electrons. The summed E-state index contributed by atoms with van der Waals surface area (Å²) in [4.78, 5) is 14.4. The number of hydrogen-bond acceptors (Lipinski definition) is 6. The zero-order valence-electron chi connectivity index (χ0n) is 12.6. The van der Waals surface area contributed by atoms with Gasteiger partial charge in [0.25, 0.3) is 0 Å². The van der Waals surface area contributed by atoms with Crippen LogP contribution in [0.15, 0.2) is 40.9 Å². The van der Waals surface area contributed by atoms with Crippen LogP contribution in [0, 0.1) is 17.0 Å². The lowest BCUT2D eigenvalue weighted by Crippen LogP contribution is -2.04. The summed E-state index contributed by atoms with van der Waals surface area (Å²) in [6.45, 7) is 1.97. The van der Waals surface area contributed by atoms with Crippen LogP contribution >= 0.6 is 0 Å². The molecular weight excluding hydrogens is 300 g/mol. The molecule has 8 heteroatoms. The Morgan fingerprint density at radius 3 is 2.91 bits per heavy atom. The Kier molecular flexibility index (Phi) is 3.80. The van der Waals surface area contributed by atoms with Crippen molar-refractivity contribution in [3.8, 4) is 17.1 Å². The van der Waals surface area contributed by atoms with Crippen molar-refractivity contribution < 1.29 is 14.1 Å². The molecule has 0 aliphatic heterocycles. The van der Waals surface area contributed by atoms with Crippen LogP contribution < -0.4 is 4.74 Å². The maximum atomic E-state index is 10.7. The minimum atomic E-state index is -0.527. The number of nitrogens with zero attached hydrogens (tertiary/aromatic N) is 4. The first-order valence-electron chi connectivity index (χ1n) is 6.85.